The third-order valence-corrected chi connectivity index (χ3v) is 5.55. The Morgan fingerprint density at radius 2 is 1.84 bits per heavy atom. The van der Waals surface area contributed by atoms with Crippen LogP contribution in [-0.2, 0) is 11.3 Å². The molecule has 0 N–H and O–H groups in total. The Hall–Kier alpha value is -1.01. The van der Waals surface area contributed by atoms with Crippen LogP contribution in [0.4, 0.5) is 0 Å². The smallest absolute Gasteiger partial charge is 0.141 e. The van der Waals surface area contributed by atoms with Gasteiger partial charge in [-0.15, -0.1) is 0 Å². The summed E-state index contributed by atoms with van der Waals surface area (Å²) >= 11 is 6.35. The van der Waals surface area contributed by atoms with Crippen LogP contribution in [0.15, 0.2) is 12.1 Å². The van der Waals surface area contributed by atoms with Crippen molar-refractivity contribution in [1.82, 2.24) is 9.80 Å². The van der Waals surface area contributed by atoms with E-state index in [0.717, 1.165) is 57.3 Å². The number of piperidine rings is 1. The maximum Gasteiger partial charge on any atom is 0.141 e. The number of halogens is 1. The fourth-order valence-electron chi connectivity index (χ4n) is 3.82. The molecule has 1 atom stereocenters. The molecule has 0 amide bonds. The molecule has 3 rings (SSSR count). The minimum atomic E-state index is 0.581. The van der Waals surface area contributed by atoms with Crippen LogP contribution in [-0.4, -0.2) is 69.5 Å². The number of ether oxygens (including phenoxy) is 3. The monoisotopic (exact) mass is 368 g/mol. The summed E-state index contributed by atoms with van der Waals surface area (Å²) in [4.78, 5) is 5.12. The molecular formula is C19H29ClN2O3. The summed E-state index contributed by atoms with van der Waals surface area (Å²) in [5.41, 5.74) is 1.13. The van der Waals surface area contributed by atoms with E-state index in [1.54, 1.807) is 14.2 Å². The van der Waals surface area contributed by atoms with Crippen LogP contribution in [0, 0.1) is 0 Å². The quantitative estimate of drug-likeness (QED) is 0.771. The van der Waals surface area contributed by atoms with E-state index in [2.05, 4.69) is 9.80 Å². The second kappa shape index (κ2) is 9.08. The van der Waals surface area contributed by atoms with Crippen molar-refractivity contribution >= 4 is 11.6 Å². The lowest BCUT2D eigenvalue weighted by molar-refractivity contribution is 0.0152. The van der Waals surface area contributed by atoms with Crippen LogP contribution in [0.25, 0.3) is 0 Å². The number of likely N-dealkylation sites (tertiary alicyclic amines) is 1. The number of hydrogen-bond donors (Lipinski definition) is 0. The summed E-state index contributed by atoms with van der Waals surface area (Å²) in [7, 11) is 3.33. The van der Waals surface area contributed by atoms with Gasteiger partial charge in [0.25, 0.3) is 0 Å². The summed E-state index contributed by atoms with van der Waals surface area (Å²) in [5.74, 6) is 1.50. The first-order valence-corrected chi connectivity index (χ1v) is 9.53. The first-order chi connectivity index (χ1) is 12.2. The SMILES string of the molecule is COc1cc(OC)c(CN2CCCC[C@H]2CN2CCOCC2)cc1Cl. The number of nitrogens with zero attached hydrogens (tertiary/aromatic N) is 2. The molecule has 2 aliphatic heterocycles. The summed E-state index contributed by atoms with van der Waals surface area (Å²) in [6.07, 6.45) is 3.82. The Morgan fingerprint density at radius 3 is 2.56 bits per heavy atom. The van der Waals surface area contributed by atoms with Gasteiger partial charge in [0, 0.05) is 43.9 Å². The molecule has 0 bridgehead atoms. The van der Waals surface area contributed by atoms with Gasteiger partial charge in [0.05, 0.1) is 32.5 Å². The standard InChI is InChI=1S/C19H29ClN2O3/c1-23-18-12-19(24-2)17(20)11-15(18)13-22-6-4-3-5-16(22)14-21-7-9-25-10-8-21/h11-12,16H,3-10,13-14H2,1-2H3/t16-/m0/s1. The highest BCUT2D eigenvalue weighted by atomic mass is 35.5. The molecule has 1 aromatic carbocycles. The van der Waals surface area contributed by atoms with Gasteiger partial charge in [-0.25, -0.2) is 0 Å². The highest BCUT2D eigenvalue weighted by Gasteiger charge is 2.26. The summed E-state index contributed by atoms with van der Waals surface area (Å²) < 4.78 is 16.4. The Kier molecular flexibility index (Phi) is 6.82. The van der Waals surface area contributed by atoms with Crippen LogP contribution in [0.5, 0.6) is 11.5 Å². The maximum atomic E-state index is 6.35. The molecule has 0 aromatic heterocycles. The lowest BCUT2D eigenvalue weighted by Crippen LogP contribution is -2.49. The second-order valence-corrected chi connectivity index (χ2v) is 7.24. The molecule has 2 fully saturated rings. The topological polar surface area (TPSA) is 34.2 Å². The number of methoxy groups -OCH3 is 2. The number of morpholine rings is 1. The highest BCUT2D eigenvalue weighted by molar-refractivity contribution is 6.32. The van der Waals surface area contributed by atoms with Crippen molar-refractivity contribution in [2.24, 2.45) is 0 Å². The number of benzene rings is 1. The van der Waals surface area contributed by atoms with Crippen LogP contribution >= 0.6 is 11.6 Å². The summed E-state index contributed by atoms with van der Waals surface area (Å²) in [5, 5.41) is 0.639. The predicted octanol–water partition coefficient (Wildman–Crippen LogP) is 3.04. The fraction of sp³-hybridized carbons (Fsp3) is 0.684. The largest absolute Gasteiger partial charge is 0.496 e. The van der Waals surface area contributed by atoms with Crippen molar-refractivity contribution < 1.29 is 14.2 Å². The molecule has 140 valence electrons. The normalized spacial score (nSPS) is 22.8. The van der Waals surface area contributed by atoms with E-state index in [4.69, 9.17) is 25.8 Å². The number of hydrogen-bond acceptors (Lipinski definition) is 5. The first kappa shape index (κ1) is 18.8. The molecule has 0 aliphatic carbocycles. The van der Waals surface area contributed by atoms with E-state index >= 15 is 0 Å². The van der Waals surface area contributed by atoms with E-state index in [9.17, 15) is 0 Å². The van der Waals surface area contributed by atoms with Crippen LogP contribution < -0.4 is 9.47 Å². The fourth-order valence-corrected chi connectivity index (χ4v) is 4.08. The predicted molar refractivity (Wildman–Crippen MR) is 99.9 cm³/mol. The Bertz CT molecular complexity index is 564. The van der Waals surface area contributed by atoms with Gasteiger partial charge in [-0.1, -0.05) is 18.0 Å². The molecule has 0 unspecified atom stereocenters. The third-order valence-electron chi connectivity index (χ3n) is 5.25. The van der Waals surface area contributed by atoms with Gasteiger partial charge in [-0.05, 0) is 25.5 Å². The Morgan fingerprint density at radius 1 is 1.08 bits per heavy atom. The summed E-state index contributed by atoms with van der Waals surface area (Å²) in [6, 6.07) is 4.45. The van der Waals surface area contributed by atoms with Gasteiger partial charge in [0.15, 0.2) is 0 Å². The van der Waals surface area contributed by atoms with E-state index in [-0.39, 0.29) is 0 Å². The van der Waals surface area contributed by atoms with Gasteiger partial charge < -0.3 is 14.2 Å². The Balaban J connectivity index is 1.71. The van der Waals surface area contributed by atoms with E-state index in [1.165, 1.54) is 19.3 Å². The van der Waals surface area contributed by atoms with Crippen molar-refractivity contribution in [3.63, 3.8) is 0 Å². The molecule has 0 radical (unpaired) electrons. The van der Waals surface area contributed by atoms with Gasteiger partial charge in [0.2, 0.25) is 0 Å². The van der Waals surface area contributed by atoms with Crippen LogP contribution in [0.3, 0.4) is 0 Å². The van der Waals surface area contributed by atoms with Crippen LogP contribution in [0.2, 0.25) is 5.02 Å². The van der Waals surface area contributed by atoms with Crippen molar-refractivity contribution in [2.75, 3.05) is 53.6 Å². The first-order valence-electron chi connectivity index (χ1n) is 9.16. The van der Waals surface area contributed by atoms with Gasteiger partial charge in [-0.2, -0.15) is 0 Å². The van der Waals surface area contributed by atoms with E-state index < -0.39 is 0 Å². The summed E-state index contributed by atoms with van der Waals surface area (Å²) in [6.45, 7) is 6.91. The molecule has 0 spiro atoms. The zero-order valence-electron chi connectivity index (χ0n) is 15.3. The maximum absolute atomic E-state index is 6.35. The van der Waals surface area contributed by atoms with E-state index in [1.807, 2.05) is 12.1 Å². The van der Waals surface area contributed by atoms with Gasteiger partial charge in [-0.3, -0.25) is 9.80 Å². The molecule has 6 heteroatoms. The molecule has 0 saturated carbocycles. The molecule has 25 heavy (non-hydrogen) atoms. The Labute approximate surface area is 155 Å². The van der Waals surface area contributed by atoms with E-state index in [0.29, 0.717) is 16.8 Å². The number of rotatable bonds is 6. The molecule has 2 heterocycles. The average molecular weight is 369 g/mol. The zero-order valence-corrected chi connectivity index (χ0v) is 16.1. The minimum Gasteiger partial charge on any atom is -0.496 e. The third kappa shape index (κ3) is 4.79. The molecular weight excluding hydrogens is 340 g/mol. The minimum absolute atomic E-state index is 0.581. The lowest BCUT2D eigenvalue weighted by Gasteiger charge is -2.40. The zero-order chi connectivity index (χ0) is 17.6. The lowest BCUT2D eigenvalue weighted by atomic mass is 10.00. The molecule has 2 aliphatic rings. The highest BCUT2D eigenvalue weighted by Crippen LogP contribution is 2.34. The second-order valence-electron chi connectivity index (χ2n) is 6.83. The molecule has 1 aromatic rings. The average Bonchev–Trinajstić information content (AvgIpc) is 2.64. The van der Waals surface area contributed by atoms with Gasteiger partial charge >= 0.3 is 0 Å². The van der Waals surface area contributed by atoms with Crippen LogP contribution in [0.1, 0.15) is 24.8 Å². The van der Waals surface area contributed by atoms with Crippen molar-refractivity contribution in [3.05, 3.63) is 22.7 Å². The van der Waals surface area contributed by atoms with Crippen molar-refractivity contribution in [2.45, 2.75) is 31.8 Å². The van der Waals surface area contributed by atoms with Gasteiger partial charge in [0.1, 0.15) is 11.5 Å². The van der Waals surface area contributed by atoms with Crippen molar-refractivity contribution in [1.29, 1.82) is 0 Å². The molecule has 2 saturated heterocycles. The molecule has 5 nitrogen and oxygen atoms in total. The van der Waals surface area contributed by atoms with Crippen molar-refractivity contribution in [3.8, 4) is 11.5 Å².